The Morgan fingerprint density at radius 2 is 2.19 bits per heavy atom. The fourth-order valence-corrected chi connectivity index (χ4v) is 2.09. The van der Waals surface area contributed by atoms with Crippen molar-refractivity contribution in [2.24, 2.45) is 0 Å². The van der Waals surface area contributed by atoms with E-state index in [0.29, 0.717) is 19.0 Å². The lowest BCUT2D eigenvalue weighted by molar-refractivity contribution is -0.137. The molecular weight excluding hydrogens is 276 g/mol. The number of esters is 1. The van der Waals surface area contributed by atoms with Crippen LogP contribution in [0.15, 0.2) is 18.2 Å². The highest BCUT2D eigenvalue weighted by Crippen LogP contribution is 2.33. The Kier molecular flexibility index (Phi) is 5.16. The van der Waals surface area contributed by atoms with Gasteiger partial charge in [-0.2, -0.15) is 0 Å². The van der Waals surface area contributed by atoms with E-state index in [1.807, 2.05) is 0 Å². The third kappa shape index (κ3) is 3.52. The highest BCUT2D eigenvalue weighted by molar-refractivity contribution is 6.41. The molecule has 1 heterocycles. The summed E-state index contributed by atoms with van der Waals surface area (Å²) in [5.41, 5.74) is 0.132. The van der Waals surface area contributed by atoms with E-state index in [2.05, 4.69) is 0 Å². The van der Waals surface area contributed by atoms with Crippen molar-refractivity contribution in [2.45, 2.75) is 19.4 Å². The van der Waals surface area contributed by atoms with Gasteiger partial charge in [0.2, 0.25) is 0 Å². The normalized spacial score (nSPS) is 17.3. The van der Waals surface area contributed by atoms with E-state index in [1.165, 1.54) is 13.2 Å². The molecule has 114 valence electrons. The van der Waals surface area contributed by atoms with Gasteiger partial charge in [-0.3, -0.25) is 4.79 Å². The summed E-state index contributed by atoms with van der Waals surface area (Å²) < 4.78 is 21.0. The number of Topliss-reactive ketones (excluding diaryl/α,β-unsaturated/α-hetero) is 1. The van der Waals surface area contributed by atoms with Gasteiger partial charge in [-0.15, -0.1) is 0 Å². The Bertz CT molecular complexity index is 519. The van der Waals surface area contributed by atoms with Crippen molar-refractivity contribution in [1.82, 2.24) is 0 Å². The van der Waals surface area contributed by atoms with E-state index in [-0.39, 0.29) is 24.0 Å². The second-order valence-corrected chi connectivity index (χ2v) is 4.49. The van der Waals surface area contributed by atoms with E-state index in [9.17, 15) is 9.59 Å². The number of ether oxygens (including phenoxy) is 4. The van der Waals surface area contributed by atoms with Gasteiger partial charge in [-0.25, -0.2) is 4.79 Å². The van der Waals surface area contributed by atoms with E-state index in [4.69, 9.17) is 18.9 Å². The van der Waals surface area contributed by atoms with Crippen LogP contribution in [0.2, 0.25) is 0 Å². The number of hydrogen-bond donors (Lipinski definition) is 0. The Morgan fingerprint density at radius 1 is 1.38 bits per heavy atom. The van der Waals surface area contributed by atoms with Gasteiger partial charge in [0.1, 0.15) is 6.10 Å². The molecule has 0 aliphatic carbocycles. The first kappa shape index (κ1) is 15.3. The molecule has 0 radical (unpaired) electrons. The maximum atomic E-state index is 12.1. The largest absolute Gasteiger partial charge is 0.492 e. The van der Waals surface area contributed by atoms with Crippen molar-refractivity contribution in [3.05, 3.63) is 23.8 Å². The van der Waals surface area contributed by atoms with Crippen LogP contribution in [0.5, 0.6) is 11.5 Å². The van der Waals surface area contributed by atoms with Gasteiger partial charge < -0.3 is 18.9 Å². The van der Waals surface area contributed by atoms with Gasteiger partial charge in [0.25, 0.3) is 5.78 Å². The summed E-state index contributed by atoms with van der Waals surface area (Å²) in [7, 11) is 1.43. The van der Waals surface area contributed by atoms with Gasteiger partial charge in [-0.05, 0) is 19.1 Å². The number of rotatable bonds is 6. The van der Waals surface area contributed by atoms with E-state index in [0.717, 1.165) is 6.42 Å². The molecular formula is C15H18O6. The van der Waals surface area contributed by atoms with Crippen LogP contribution in [0, 0.1) is 0 Å². The maximum Gasteiger partial charge on any atom is 0.379 e. The SMILES string of the molecule is CCOC(=O)C(=O)c1cccc(OC2CCOC2)c1OC. The van der Waals surface area contributed by atoms with Crippen LogP contribution in [0.4, 0.5) is 0 Å². The topological polar surface area (TPSA) is 71.1 Å². The van der Waals surface area contributed by atoms with Crippen molar-refractivity contribution in [2.75, 3.05) is 26.9 Å². The summed E-state index contributed by atoms with van der Waals surface area (Å²) in [5.74, 6) is -0.996. The number of carbonyl (C=O) groups excluding carboxylic acids is 2. The molecule has 0 spiro atoms. The van der Waals surface area contributed by atoms with Crippen LogP contribution in [-0.2, 0) is 14.3 Å². The summed E-state index contributed by atoms with van der Waals surface area (Å²) in [6.45, 7) is 2.93. The Morgan fingerprint density at radius 3 is 2.81 bits per heavy atom. The van der Waals surface area contributed by atoms with Crippen molar-refractivity contribution in [3.63, 3.8) is 0 Å². The smallest absolute Gasteiger partial charge is 0.379 e. The molecule has 1 aliphatic rings. The number of ketones is 1. The molecule has 0 saturated carbocycles. The minimum absolute atomic E-state index is 0.0770. The lowest BCUT2D eigenvalue weighted by Gasteiger charge is -2.16. The first-order valence-electron chi connectivity index (χ1n) is 6.80. The zero-order chi connectivity index (χ0) is 15.2. The standard InChI is InChI=1S/C15H18O6/c1-3-20-15(17)13(16)11-5-4-6-12(14(11)18-2)21-10-7-8-19-9-10/h4-6,10H,3,7-9H2,1-2H3. The molecule has 1 aromatic carbocycles. The Balaban J connectivity index is 2.25. The quantitative estimate of drug-likeness (QED) is 0.451. The van der Waals surface area contributed by atoms with Crippen LogP contribution < -0.4 is 9.47 Å². The lowest BCUT2D eigenvalue weighted by Crippen LogP contribution is -2.20. The fourth-order valence-electron chi connectivity index (χ4n) is 2.09. The summed E-state index contributed by atoms with van der Waals surface area (Å²) in [6, 6.07) is 4.84. The molecule has 0 aromatic heterocycles. The molecule has 1 atom stereocenters. The number of benzene rings is 1. The Hall–Kier alpha value is -2.08. The van der Waals surface area contributed by atoms with Gasteiger partial charge in [-0.1, -0.05) is 6.07 Å². The van der Waals surface area contributed by atoms with Crippen LogP contribution in [0.3, 0.4) is 0 Å². The van der Waals surface area contributed by atoms with Gasteiger partial charge in [0, 0.05) is 6.42 Å². The molecule has 6 heteroatoms. The molecule has 1 aliphatic heterocycles. The first-order valence-corrected chi connectivity index (χ1v) is 6.80. The minimum atomic E-state index is -0.905. The monoisotopic (exact) mass is 294 g/mol. The average molecular weight is 294 g/mol. The Labute approximate surface area is 122 Å². The molecule has 1 fully saturated rings. The van der Waals surface area contributed by atoms with Crippen molar-refractivity contribution in [1.29, 1.82) is 0 Å². The third-order valence-corrected chi connectivity index (χ3v) is 3.07. The summed E-state index contributed by atoms with van der Waals surface area (Å²) >= 11 is 0. The lowest BCUT2D eigenvalue weighted by atomic mass is 10.1. The van der Waals surface area contributed by atoms with Gasteiger partial charge in [0.15, 0.2) is 11.5 Å². The molecule has 2 rings (SSSR count). The molecule has 1 aromatic rings. The highest BCUT2D eigenvalue weighted by atomic mass is 16.6. The second-order valence-electron chi connectivity index (χ2n) is 4.49. The second kappa shape index (κ2) is 7.08. The number of hydrogen-bond acceptors (Lipinski definition) is 6. The fraction of sp³-hybridized carbons (Fsp3) is 0.467. The number of para-hydroxylation sites is 1. The third-order valence-electron chi connectivity index (χ3n) is 3.07. The minimum Gasteiger partial charge on any atom is -0.492 e. The van der Waals surface area contributed by atoms with Gasteiger partial charge >= 0.3 is 5.97 Å². The maximum absolute atomic E-state index is 12.1. The summed E-state index contributed by atoms with van der Waals surface area (Å²) in [6.07, 6.45) is 0.700. The van der Waals surface area contributed by atoms with Gasteiger partial charge in [0.05, 0.1) is 32.5 Å². The van der Waals surface area contributed by atoms with E-state index >= 15 is 0 Å². The number of carbonyl (C=O) groups is 2. The summed E-state index contributed by atoms with van der Waals surface area (Å²) in [5, 5.41) is 0. The van der Waals surface area contributed by atoms with Crippen LogP contribution in [-0.4, -0.2) is 44.8 Å². The zero-order valence-corrected chi connectivity index (χ0v) is 12.1. The van der Waals surface area contributed by atoms with Crippen molar-refractivity contribution < 1.29 is 28.5 Å². The molecule has 0 amide bonds. The van der Waals surface area contributed by atoms with Crippen molar-refractivity contribution >= 4 is 11.8 Å². The summed E-state index contributed by atoms with van der Waals surface area (Å²) in [4.78, 5) is 23.6. The molecule has 6 nitrogen and oxygen atoms in total. The van der Waals surface area contributed by atoms with E-state index in [1.54, 1.807) is 19.1 Å². The van der Waals surface area contributed by atoms with Crippen LogP contribution in [0.25, 0.3) is 0 Å². The number of methoxy groups -OCH3 is 1. The highest BCUT2D eigenvalue weighted by Gasteiger charge is 2.25. The predicted octanol–water partition coefficient (Wildman–Crippen LogP) is 1.61. The van der Waals surface area contributed by atoms with E-state index < -0.39 is 11.8 Å². The molecule has 1 unspecified atom stereocenters. The molecule has 1 saturated heterocycles. The van der Waals surface area contributed by atoms with Crippen LogP contribution >= 0.6 is 0 Å². The molecule has 0 bridgehead atoms. The average Bonchev–Trinajstić information content (AvgIpc) is 2.99. The zero-order valence-electron chi connectivity index (χ0n) is 12.1. The van der Waals surface area contributed by atoms with Crippen molar-refractivity contribution in [3.8, 4) is 11.5 Å². The first-order chi connectivity index (χ1) is 10.2. The predicted molar refractivity (Wildman–Crippen MR) is 73.8 cm³/mol. The molecule has 21 heavy (non-hydrogen) atoms. The molecule has 0 N–H and O–H groups in total. The van der Waals surface area contributed by atoms with Crippen LogP contribution in [0.1, 0.15) is 23.7 Å².